The molecule has 0 aliphatic rings. The summed E-state index contributed by atoms with van der Waals surface area (Å²) in [6.45, 7) is 22.4. The molecule has 4 nitrogen and oxygen atoms in total. The molecule has 0 saturated heterocycles. The fourth-order valence-electron chi connectivity index (χ4n) is 3.16. The van der Waals surface area contributed by atoms with Gasteiger partial charge in [0.15, 0.2) is 11.5 Å². The highest BCUT2D eigenvalue weighted by atomic mass is 16.5. The van der Waals surface area contributed by atoms with Gasteiger partial charge in [0.05, 0.1) is 6.61 Å². The van der Waals surface area contributed by atoms with E-state index in [1.54, 1.807) is 6.07 Å². The van der Waals surface area contributed by atoms with Gasteiger partial charge in [0, 0.05) is 7.11 Å². The number of hydrogen-bond acceptors (Lipinski definition) is 4. The molecule has 2 rings (SSSR count). The minimum atomic E-state index is 0.199. The van der Waals surface area contributed by atoms with Crippen LogP contribution in [0.1, 0.15) is 64.7 Å². The molecule has 35 heavy (non-hydrogen) atoms. The van der Waals surface area contributed by atoms with Crippen LogP contribution in [0.25, 0.3) is 5.57 Å². The largest absolute Gasteiger partial charge is 0.504 e. The molecule has 0 heterocycles. The molecule has 0 aliphatic heterocycles. The van der Waals surface area contributed by atoms with Gasteiger partial charge < -0.3 is 20.7 Å². The number of aryl methyl sites for hydroxylation is 2. The van der Waals surface area contributed by atoms with Crippen LogP contribution >= 0.6 is 0 Å². The van der Waals surface area contributed by atoms with Crippen LogP contribution in [0.5, 0.6) is 11.5 Å². The standard InChI is InChI=1S/C26H32O2.C2H5N.C2H6.CH4O/c1-7-28-26-14-13-23(17-25(26)27)12-11-19(3)22(6)20(4)16-21(5)24-10-8-9-18(2)15-24;1-2-3;2*1-2/h8-10,13-17,27H,3,7,11-12H2,1-2,4-6H3;2H,1,3H2;1-2H3;2H,1H3/b21-16+,22-20+;;;. The lowest BCUT2D eigenvalue weighted by Gasteiger charge is -2.11. The SMILES string of the molecule is C=C(CCc1ccc(OCC)c(O)c1)/C(C)=C(C)/C=C(\C)c1cccc(C)c1.C=CN.CC.CO. The van der Waals surface area contributed by atoms with E-state index < -0.39 is 0 Å². The maximum atomic E-state index is 10.0. The van der Waals surface area contributed by atoms with E-state index in [1.165, 1.54) is 34.0 Å². The van der Waals surface area contributed by atoms with E-state index in [1.807, 2.05) is 32.9 Å². The number of aliphatic hydroxyl groups is 1. The summed E-state index contributed by atoms with van der Waals surface area (Å²) in [5.74, 6) is 0.735. The molecular formula is C31H47NO3. The van der Waals surface area contributed by atoms with Crippen molar-refractivity contribution in [3.8, 4) is 11.5 Å². The van der Waals surface area contributed by atoms with Crippen LogP contribution in [0.15, 0.2) is 84.6 Å². The molecule has 0 radical (unpaired) electrons. The highest BCUT2D eigenvalue weighted by Gasteiger charge is 2.06. The average Bonchev–Trinajstić information content (AvgIpc) is 2.86. The fourth-order valence-corrected chi connectivity index (χ4v) is 3.16. The van der Waals surface area contributed by atoms with Crippen LogP contribution in [0.3, 0.4) is 0 Å². The van der Waals surface area contributed by atoms with Crippen molar-refractivity contribution < 1.29 is 14.9 Å². The van der Waals surface area contributed by atoms with Gasteiger partial charge in [-0.2, -0.15) is 0 Å². The third-order valence-corrected chi connectivity index (χ3v) is 5.07. The smallest absolute Gasteiger partial charge is 0.160 e. The molecule has 0 saturated carbocycles. The summed E-state index contributed by atoms with van der Waals surface area (Å²) >= 11 is 0. The number of rotatable bonds is 8. The Morgan fingerprint density at radius 2 is 1.66 bits per heavy atom. The molecule has 0 bridgehead atoms. The Bertz CT molecular complexity index is 955. The van der Waals surface area contributed by atoms with Crippen molar-refractivity contribution in [2.24, 2.45) is 5.73 Å². The predicted molar refractivity (Wildman–Crippen MR) is 154 cm³/mol. The van der Waals surface area contributed by atoms with Crippen molar-refractivity contribution in [2.75, 3.05) is 13.7 Å². The molecule has 4 N–H and O–H groups in total. The highest BCUT2D eigenvalue weighted by molar-refractivity contribution is 5.67. The molecule has 4 heteroatoms. The summed E-state index contributed by atoms with van der Waals surface area (Å²) in [5, 5.41) is 17.0. The van der Waals surface area contributed by atoms with Gasteiger partial charge in [0.25, 0.3) is 0 Å². The van der Waals surface area contributed by atoms with E-state index in [0.717, 1.165) is 31.1 Å². The molecule has 2 aromatic rings. The summed E-state index contributed by atoms with van der Waals surface area (Å²) < 4.78 is 5.39. The lowest BCUT2D eigenvalue weighted by Crippen LogP contribution is -1.95. The summed E-state index contributed by atoms with van der Waals surface area (Å²) in [6.07, 6.45) is 5.18. The maximum absolute atomic E-state index is 10.0. The minimum absolute atomic E-state index is 0.199. The number of phenols is 1. The lowest BCUT2D eigenvalue weighted by atomic mass is 9.95. The van der Waals surface area contributed by atoms with E-state index in [9.17, 15) is 5.11 Å². The molecule has 0 spiro atoms. The molecule has 0 aromatic heterocycles. The maximum Gasteiger partial charge on any atom is 0.160 e. The Morgan fingerprint density at radius 1 is 1.06 bits per heavy atom. The molecule has 194 valence electrons. The van der Waals surface area contributed by atoms with E-state index in [0.29, 0.717) is 12.4 Å². The van der Waals surface area contributed by atoms with Crippen LogP contribution < -0.4 is 10.5 Å². The Morgan fingerprint density at radius 3 is 2.17 bits per heavy atom. The van der Waals surface area contributed by atoms with Gasteiger partial charge in [-0.05, 0) is 93.6 Å². The van der Waals surface area contributed by atoms with E-state index >= 15 is 0 Å². The number of phenolic OH excluding ortho intramolecular Hbond substituents is 1. The number of nitrogens with two attached hydrogens (primary N) is 1. The first-order valence-corrected chi connectivity index (χ1v) is 12.1. The summed E-state index contributed by atoms with van der Waals surface area (Å²) in [4.78, 5) is 0. The van der Waals surface area contributed by atoms with Gasteiger partial charge >= 0.3 is 0 Å². The number of aliphatic hydroxyl groups excluding tert-OH is 1. The van der Waals surface area contributed by atoms with Gasteiger partial charge in [-0.3, -0.25) is 0 Å². The summed E-state index contributed by atoms with van der Waals surface area (Å²) in [5.41, 5.74) is 13.1. The Kier molecular flexibility index (Phi) is 19.5. The van der Waals surface area contributed by atoms with Gasteiger partial charge in [0.1, 0.15) is 0 Å². The van der Waals surface area contributed by atoms with Crippen molar-refractivity contribution in [2.45, 2.75) is 61.3 Å². The van der Waals surface area contributed by atoms with Crippen molar-refractivity contribution in [1.29, 1.82) is 0 Å². The molecular weight excluding hydrogens is 434 g/mol. The van der Waals surface area contributed by atoms with Crippen molar-refractivity contribution in [3.05, 3.63) is 101 Å². The van der Waals surface area contributed by atoms with Crippen molar-refractivity contribution >= 4 is 5.57 Å². The van der Waals surface area contributed by atoms with Crippen LogP contribution in [0.2, 0.25) is 0 Å². The highest BCUT2D eigenvalue weighted by Crippen LogP contribution is 2.28. The van der Waals surface area contributed by atoms with Gasteiger partial charge in [-0.25, -0.2) is 0 Å². The second-order valence-corrected chi connectivity index (χ2v) is 7.58. The molecule has 0 amide bonds. The van der Waals surface area contributed by atoms with Gasteiger partial charge in [-0.15, -0.1) is 0 Å². The molecule has 0 unspecified atom stereocenters. The third-order valence-electron chi connectivity index (χ3n) is 5.07. The summed E-state index contributed by atoms with van der Waals surface area (Å²) in [7, 11) is 1.00. The Hall–Kier alpha value is -3.24. The molecule has 0 atom stereocenters. The zero-order chi connectivity index (χ0) is 27.4. The first-order chi connectivity index (χ1) is 16.7. The molecule has 0 fully saturated rings. The van der Waals surface area contributed by atoms with E-state index in [2.05, 4.69) is 76.9 Å². The van der Waals surface area contributed by atoms with E-state index in [4.69, 9.17) is 9.84 Å². The normalized spacial score (nSPS) is 10.7. The van der Waals surface area contributed by atoms with Crippen LogP contribution in [0, 0.1) is 6.92 Å². The Labute approximate surface area is 214 Å². The van der Waals surface area contributed by atoms with Crippen molar-refractivity contribution in [1.82, 2.24) is 0 Å². The quantitative estimate of drug-likeness (QED) is 0.337. The van der Waals surface area contributed by atoms with Crippen molar-refractivity contribution in [3.63, 3.8) is 0 Å². The predicted octanol–water partition coefficient (Wildman–Crippen LogP) is 7.75. The second-order valence-electron chi connectivity index (χ2n) is 7.58. The number of hydrogen-bond donors (Lipinski definition) is 3. The van der Waals surface area contributed by atoms with Crippen LogP contribution in [-0.4, -0.2) is 23.9 Å². The second kappa shape index (κ2) is 20.2. The Balaban J connectivity index is 0. The number of allylic oxidation sites excluding steroid dienone is 5. The van der Waals surface area contributed by atoms with Gasteiger partial charge in [-0.1, -0.05) is 74.5 Å². The lowest BCUT2D eigenvalue weighted by molar-refractivity contribution is 0.318. The average molecular weight is 482 g/mol. The first kappa shape index (κ1) is 33.9. The number of ether oxygens (including phenoxy) is 1. The monoisotopic (exact) mass is 481 g/mol. The number of benzene rings is 2. The third kappa shape index (κ3) is 13.3. The number of aromatic hydroxyl groups is 1. The van der Waals surface area contributed by atoms with E-state index in [-0.39, 0.29) is 5.75 Å². The first-order valence-electron chi connectivity index (χ1n) is 12.1. The van der Waals surface area contributed by atoms with Crippen LogP contribution in [-0.2, 0) is 6.42 Å². The summed E-state index contributed by atoms with van der Waals surface area (Å²) in [6, 6.07) is 14.2. The molecule has 0 aliphatic carbocycles. The van der Waals surface area contributed by atoms with Crippen LogP contribution in [0.4, 0.5) is 0 Å². The topological polar surface area (TPSA) is 75.7 Å². The zero-order valence-corrected chi connectivity index (χ0v) is 23.1. The molecule has 2 aromatic carbocycles. The minimum Gasteiger partial charge on any atom is -0.504 e. The zero-order valence-electron chi connectivity index (χ0n) is 23.1. The van der Waals surface area contributed by atoms with Gasteiger partial charge in [0.2, 0.25) is 0 Å². The fraction of sp³-hybridized carbons (Fsp3) is 0.355.